The zero-order valence-corrected chi connectivity index (χ0v) is 9.02. The van der Waals surface area contributed by atoms with Gasteiger partial charge in [-0.2, -0.15) is 4.99 Å². The van der Waals surface area contributed by atoms with E-state index in [4.69, 9.17) is 11.6 Å². The molecule has 0 aliphatic heterocycles. The summed E-state index contributed by atoms with van der Waals surface area (Å²) < 4.78 is 26.9. The van der Waals surface area contributed by atoms with E-state index in [1.54, 1.807) is 0 Å². The fraction of sp³-hybridized carbons (Fsp3) is 0.364. The Labute approximate surface area is 95.9 Å². The van der Waals surface area contributed by atoms with Crippen molar-refractivity contribution in [1.82, 2.24) is 0 Å². The molecule has 0 atom stereocenters. The number of aliphatic imine (C=N–C) groups is 1. The van der Waals surface area contributed by atoms with Gasteiger partial charge < -0.3 is 0 Å². The minimum absolute atomic E-state index is 0.0482. The Morgan fingerprint density at radius 2 is 2.06 bits per heavy atom. The van der Waals surface area contributed by atoms with Gasteiger partial charge in [0.25, 0.3) is 0 Å². The maximum absolute atomic E-state index is 13.7. The van der Waals surface area contributed by atoms with Crippen LogP contribution >= 0.6 is 11.6 Å². The first-order valence-electron chi connectivity index (χ1n) is 4.83. The Morgan fingerprint density at radius 1 is 1.38 bits per heavy atom. The third-order valence-electron chi connectivity index (χ3n) is 2.93. The third-order valence-corrected chi connectivity index (χ3v) is 3.21. The molecule has 5 heteroatoms. The maximum atomic E-state index is 13.7. The highest BCUT2D eigenvalue weighted by molar-refractivity contribution is 6.30. The molecule has 1 saturated carbocycles. The highest BCUT2D eigenvalue weighted by Gasteiger charge is 2.41. The van der Waals surface area contributed by atoms with E-state index >= 15 is 0 Å². The summed E-state index contributed by atoms with van der Waals surface area (Å²) in [6, 6.07) is 1.94. The van der Waals surface area contributed by atoms with Crippen LogP contribution in [0.2, 0.25) is 5.02 Å². The van der Waals surface area contributed by atoms with E-state index in [1.165, 1.54) is 6.08 Å². The molecule has 84 valence electrons. The largest absolute Gasteiger partial charge is 0.235 e. The summed E-state index contributed by atoms with van der Waals surface area (Å²) in [5, 5.41) is -0.289. The molecule has 1 aromatic carbocycles. The average molecular weight is 244 g/mol. The summed E-state index contributed by atoms with van der Waals surface area (Å²) in [6.07, 6.45) is 3.26. The molecule has 1 aliphatic rings. The molecule has 1 aromatic rings. The van der Waals surface area contributed by atoms with Crippen LogP contribution in [-0.4, -0.2) is 6.08 Å². The average Bonchev–Trinajstić information content (AvgIpc) is 2.17. The lowest BCUT2D eigenvalue weighted by atomic mass is 9.72. The van der Waals surface area contributed by atoms with Gasteiger partial charge in [-0.15, -0.1) is 0 Å². The zero-order valence-electron chi connectivity index (χ0n) is 8.27. The van der Waals surface area contributed by atoms with E-state index in [-0.39, 0.29) is 10.6 Å². The first-order chi connectivity index (χ1) is 7.59. The second-order valence-electron chi connectivity index (χ2n) is 3.84. The van der Waals surface area contributed by atoms with Crippen LogP contribution in [0.5, 0.6) is 0 Å². The van der Waals surface area contributed by atoms with Gasteiger partial charge in [0, 0.05) is 5.56 Å². The van der Waals surface area contributed by atoms with E-state index in [0.29, 0.717) is 12.8 Å². The molecule has 2 rings (SSSR count). The van der Waals surface area contributed by atoms with Crippen molar-refractivity contribution >= 4 is 17.7 Å². The van der Waals surface area contributed by atoms with E-state index in [0.717, 1.165) is 18.6 Å². The smallest absolute Gasteiger partial charge is 0.211 e. The predicted octanol–water partition coefficient (Wildman–Crippen LogP) is 3.33. The molecule has 2 nitrogen and oxygen atoms in total. The van der Waals surface area contributed by atoms with Crippen LogP contribution < -0.4 is 0 Å². The lowest BCUT2D eigenvalue weighted by Crippen LogP contribution is -2.33. The molecule has 0 unspecified atom stereocenters. The molecule has 0 radical (unpaired) electrons. The van der Waals surface area contributed by atoms with Crippen molar-refractivity contribution in [2.45, 2.75) is 24.8 Å². The van der Waals surface area contributed by atoms with E-state index < -0.39 is 17.2 Å². The van der Waals surface area contributed by atoms with E-state index in [2.05, 4.69) is 4.99 Å². The number of hydrogen-bond donors (Lipinski definition) is 0. The predicted molar refractivity (Wildman–Crippen MR) is 55.0 cm³/mol. The van der Waals surface area contributed by atoms with Crippen molar-refractivity contribution in [3.8, 4) is 0 Å². The second-order valence-corrected chi connectivity index (χ2v) is 4.24. The topological polar surface area (TPSA) is 29.4 Å². The molecular weight excluding hydrogens is 236 g/mol. The third kappa shape index (κ3) is 1.64. The summed E-state index contributed by atoms with van der Waals surface area (Å²) in [5.41, 5.74) is -0.912. The summed E-state index contributed by atoms with van der Waals surface area (Å²) >= 11 is 5.55. The summed E-state index contributed by atoms with van der Waals surface area (Å²) in [6.45, 7) is 0. The summed E-state index contributed by atoms with van der Waals surface area (Å²) in [4.78, 5) is 13.9. The molecule has 16 heavy (non-hydrogen) atoms. The number of rotatable bonds is 2. The number of isocyanates is 1. The fourth-order valence-corrected chi connectivity index (χ4v) is 2.14. The molecular formula is C11H8ClF2NO. The summed E-state index contributed by atoms with van der Waals surface area (Å²) in [7, 11) is 0. The van der Waals surface area contributed by atoms with E-state index in [9.17, 15) is 13.6 Å². The molecule has 0 heterocycles. The Balaban J connectivity index is 2.58. The second kappa shape index (κ2) is 3.96. The monoisotopic (exact) mass is 243 g/mol. The lowest BCUT2D eigenvalue weighted by molar-refractivity contribution is 0.246. The van der Waals surface area contributed by atoms with Gasteiger partial charge in [-0.1, -0.05) is 11.6 Å². The molecule has 0 amide bonds. The first kappa shape index (κ1) is 11.2. The molecule has 0 N–H and O–H groups in total. The van der Waals surface area contributed by atoms with Crippen molar-refractivity contribution in [3.05, 3.63) is 34.4 Å². The van der Waals surface area contributed by atoms with Crippen molar-refractivity contribution in [1.29, 1.82) is 0 Å². The molecule has 0 spiro atoms. The van der Waals surface area contributed by atoms with Crippen molar-refractivity contribution < 1.29 is 13.6 Å². The van der Waals surface area contributed by atoms with Gasteiger partial charge in [-0.25, -0.2) is 13.6 Å². The Bertz CT molecular complexity index is 479. The van der Waals surface area contributed by atoms with Gasteiger partial charge in [-0.3, -0.25) is 0 Å². The SMILES string of the molecule is O=C=NC1(c2cc(F)cc(Cl)c2F)CCC1. The minimum atomic E-state index is -0.961. The van der Waals surface area contributed by atoms with Crippen molar-refractivity contribution in [2.24, 2.45) is 4.99 Å². The molecule has 1 fully saturated rings. The first-order valence-corrected chi connectivity index (χ1v) is 5.21. The van der Waals surface area contributed by atoms with Crippen LogP contribution in [0.1, 0.15) is 24.8 Å². The molecule has 0 saturated heterocycles. The zero-order chi connectivity index (χ0) is 11.8. The van der Waals surface area contributed by atoms with Gasteiger partial charge in [0.2, 0.25) is 6.08 Å². The van der Waals surface area contributed by atoms with Crippen molar-refractivity contribution in [2.75, 3.05) is 0 Å². The van der Waals surface area contributed by atoms with Crippen LogP contribution in [0.4, 0.5) is 8.78 Å². The normalized spacial score (nSPS) is 17.4. The van der Waals surface area contributed by atoms with Gasteiger partial charge in [0.05, 0.1) is 5.02 Å². The van der Waals surface area contributed by atoms with Gasteiger partial charge in [-0.05, 0) is 31.4 Å². The molecule has 0 aromatic heterocycles. The van der Waals surface area contributed by atoms with Crippen LogP contribution in [0.15, 0.2) is 17.1 Å². The Morgan fingerprint density at radius 3 is 2.56 bits per heavy atom. The van der Waals surface area contributed by atoms with Crippen LogP contribution in [-0.2, 0) is 10.3 Å². The highest BCUT2D eigenvalue weighted by Crippen LogP contribution is 2.46. The van der Waals surface area contributed by atoms with Crippen LogP contribution in [0.3, 0.4) is 0 Å². The molecule has 1 aliphatic carbocycles. The van der Waals surface area contributed by atoms with Gasteiger partial charge in [0.1, 0.15) is 17.2 Å². The highest BCUT2D eigenvalue weighted by atomic mass is 35.5. The number of benzene rings is 1. The molecule has 0 bridgehead atoms. The number of carbonyl (C=O) groups excluding carboxylic acids is 1. The number of halogens is 3. The summed E-state index contributed by atoms with van der Waals surface area (Å²) in [5.74, 6) is -1.34. The van der Waals surface area contributed by atoms with Crippen LogP contribution in [0, 0.1) is 11.6 Å². The van der Waals surface area contributed by atoms with Gasteiger partial charge in [0.15, 0.2) is 0 Å². The van der Waals surface area contributed by atoms with Crippen molar-refractivity contribution in [3.63, 3.8) is 0 Å². The number of hydrogen-bond acceptors (Lipinski definition) is 2. The standard InChI is InChI=1S/C11H8ClF2NO/c12-9-5-7(13)4-8(10(9)14)11(15-6-16)2-1-3-11/h4-5H,1-3H2. The van der Waals surface area contributed by atoms with Gasteiger partial charge >= 0.3 is 0 Å². The Kier molecular flexibility index (Phi) is 2.78. The van der Waals surface area contributed by atoms with E-state index in [1.807, 2.05) is 0 Å². The van der Waals surface area contributed by atoms with Crippen LogP contribution in [0.25, 0.3) is 0 Å². The number of nitrogens with zero attached hydrogens (tertiary/aromatic N) is 1. The minimum Gasteiger partial charge on any atom is -0.211 e. The lowest BCUT2D eigenvalue weighted by Gasteiger charge is -2.37. The fourth-order valence-electron chi connectivity index (χ4n) is 1.94. The maximum Gasteiger partial charge on any atom is 0.235 e. The Hall–Kier alpha value is -1.25. The quantitative estimate of drug-likeness (QED) is 0.445.